The molecule has 4 rings (SSSR count). The summed E-state index contributed by atoms with van der Waals surface area (Å²) in [4.78, 5) is 44.1. The summed E-state index contributed by atoms with van der Waals surface area (Å²) in [6.07, 6.45) is 1.55. The summed E-state index contributed by atoms with van der Waals surface area (Å²) in [6.45, 7) is 5.95. The Morgan fingerprint density at radius 1 is 1.24 bits per heavy atom. The van der Waals surface area contributed by atoms with E-state index in [0.717, 1.165) is 22.4 Å². The summed E-state index contributed by atoms with van der Waals surface area (Å²) in [5, 5.41) is 7.47. The first kappa shape index (κ1) is 23.6. The van der Waals surface area contributed by atoms with Crippen molar-refractivity contribution >= 4 is 45.9 Å². The van der Waals surface area contributed by atoms with Crippen molar-refractivity contribution in [3.63, 3.8) is 0 Å². The van der Waals surface area contributed by atoms with Crippen LogP contribution in [-0.4, -0.2) is 49.8 Å². The number of amides is 3. The fraction of sp³-hybridized carbons (Fsp3) is 0.292. The summed E-state index contributed by atoms with van der Waals surface area (Å²) >= 11 is 0.821. The van der Waals surface area contributed by atoms with Crippen LogP contribution in [0.2, 0.25) is 0 Å². The minimum absolute atomic E-state index is 0.0362. The van der Waals surface area contributed by atoms with Gasteiger partial charge >= 0.3 is 0 Å². The Balaban J connectivity index is 1.47. The summed E-state index contributed by atoms with van der Waals surface area (Å²) in [7, 11) is 1.79. The number of nitrogens with one attached hydrogen (secondary N) is 1. The second kappa shape index (κ2) is 9.38. The van der Waals surface area contributed by atoms with Gasteiger partial charge in [-0.2, -0.15) is 5.10 Å². The van der Waals surface area contributed by atoms with Crippen LogP contribution in [0, 0.1) is 12.7 Å². The molecule has 8 nitrogen and oxygen atoms in total. The van der Waals surface area contributed by atoms with Crippen LogP contribution in [0.4, 0.5) is 9.18 Å². The molecule has 1 aliphatic heterocycles. The lowest BCUT2D eigenvalue weighted by atomic mass is 10.0. The minimum Gasteiger partial charge on any atom is -0.350 e. The van der Waals surface area contributed by atoms with Crippen LogP contribution in [0.3, 0.4) is 0 Å². The number of pyridine rings is 1. The zero-order valence-electron chi connectivity index (χ0n) is 19.3. The number of imide groups is 1. The molecule has 3 heterocycles. The molecular weight excluding hydrogens is 457 g/mol. The Hall–Kier alpha value is -3.53. The summed E-state index contributed by atoms with van der Waals surface area (Å²) in [5.74, 6) is -1.02. The van der Waals surface area contributed by atoms with E-state index in [1.165, 1.54) is 24.3 Å². The standard InChI is InChI=1S/C24H24FN5O3S/c1-13(2)18-12-17(20-14(3)28-29(4)21(20)27-18)22(31)26-9-10-30-23(32)19(34-24(30)33)11-15-5-7-16(25)8-6-15/h5-8,11-13H,9-10H2,1-4H3,(H,26,31)/b19-11-. The lowest BCUT2D eigenvalue weighted by Crippen LogP contribution is -2.37. The Kier molecular flexibility index (Phi) is 6.52. The van der Waals surface area contributed by atoms with Crippen LogP contribution < -0.4 is 5.32 Å². The van der Waals surface area contributed by atoms with E-state index in [1.54, 1.807) is 23.9 Å². The molecule has 1 fully saturated rings. The van der Waals surface area contributed by atoms with Crippen molar-refractivity contribution < 1.29 is 18.8 Å². The number of thioether (sulfide) groups is 1. The highest BCUT2D eigenvalue weighted by atomic mass is 32.2. The van der Waals surface area contributed by atoms with Gasteiger partial charge in [0.2, 0.25) is 0 Å². The normalized spacial score (nSPS) is 15.2. The second-order valence-corrected chi connectivity index (χ2v) is 9.29. The van der Waals surface area contributed by atoms with E-state index in [9.17, 15) is 18.8 Å². The van der Waals surface area contributed by atoms with E-state index >= 15 is 0 Å². The average Bonchev–Trinajstić information content (AvgIpc) is 3.23. The molecule has 0 spiro atoms. The maximum atomic E-state index is 13.1. The van der Waals surface area contributed by atoms with Gasteiger partial charge in [0, 0.05) is 25.8 Å². The third kappa shape index (κ3) is 4.58. The first-order valence-corrected chi connectivity index (χ1v) is 11.6. The number of carbonyl (C=O) groups excluding carboxylic acids is 3. The molecule has 176 valence electrons. The largest absolute Gasteiger partial charge is 0.350 e. The minimum atomic E-state index is -0.440. The number of aryl methyl sites for hydroxylation is 2. The molecule has 1 aliphatic rings. The van der Waals surface area contributed by atoms with E-state index in [0.29, 0.717) is 27.9 Å². The molecule has 34 heavy (non-hydrogen) atoms. The molecular formula is C24H24FN5O3S. The van der Waals surface area contributed by atoms with Crippen molar-refractivity contribution in [2.75, 3.05) is 13.1 Å². The number of aromatic nitrogens is 3. The van der Waals surface area contributed by atoms with Gasteiger partial charge < -0.3 is 5.32 Å². The molecule has 10 heteroatoms. The van der Waals surface area contributed by atoms with Gasteiger partial charge in [0.15, 0.2) is 5.65 Å². The van der Waals surface area contributed by atoms with E-state index in [1.807, 2.05) is 20.8 Å². The molecule has 3 aromatic rings. The molecule has 0 atom stereocenters. The summed E-state index contributed by atoms with van der Waals surface area (Å²) in [5.41, 5.74) is 3.19. The quantitative estimate of drug-likeness (QED) is 0.535. The maximum absolute atomic E-state index is 13.1. The summed E-state index contributed by atoms with van der Waals surface area (Å²) in [6, 6.07) is 7.41. The van der Waals surface area contributed by atoms with Gasteiger partial charge in [-0.3, -0.25) is 24.0 Å². The number of hydrogen-bond acceptors (Lipinski definition) is 6. The number of rotatable bonds is 6. The van der Waals surface area contributed by atoms with Crippen molar-refractivity contribution in [2.24, 2.45) is 7.05 Å². The Labute approximate surface area is 200 Å². The van der Waals surface area contributed by atoms with Gasteiger partial charge in [0.05, 0.1) is 21.5 Å². The number of carbonyl (C=O) groups is 3. The first-order valence-electron chi connectivity index (χ1n) is 10.8. The van der Waals surface area contributed by atoms with Crippen LogP contribution >= 0.6 is 11.8 Å². The highest BCUT2D eigenvalue weighted by molar-refractivity contribution is 8.18. The molecule has 1 saturated heterocycles. The lowest BCUT2D eigenvalue weighted by molar-refractivity contribution is -0.122. The van der Waals surface area contributed by atoms with Crippen LogP contribution in [0.5, 0.6) is 0 Å². The third-order valence-electron chi connectivity index (χ3n) is 5.49. The maximum Gasteiger partial charge on any atom is 0.293 e. The lowest BCUT2D eigenvalue weighted by Gasteiger charge is -2.14. The second-order valence-electron chi connectivity index (χ2n) is 8.30. The topological polar surface area (TPSA) is 97.2 Å². The zero-order chi connectivity index (χ0) is 24.6. The van der Waals surface area contributed by atoms with Gasteiger partial charge in [-0.1, -0.05) is 26.0 Å². The molecule has 0 saturated carbocycles. The molecule has 2 aromatic heterocycles. The number of hydrogen-bond donors (Lipinski definition) is 1. The van der Waals surface area contributed by atoms with Crippen LogP contribution in [-0.2, 0) is 11.8 Å². The van der Waals surface area contributed by atoms with Gasteiger partial charge in [-0.15, -0.1) is 0 Å². The van der Waals surface area contributed by atoms with Gasteiger partial charge in [0.25, 0.3) is 17.1 Å². The highest BCUT2D eigenvalue weighted by Crippen LogP contribution is 2.32. The number of halogens is 1. The molecule has 0 unspecified atom stereocenters. The van der Waals surface area contributed by atoms with Crippen molar-refractivity contribution in [3.05, 3.63) is 63.6 Å². The molecule has 1 N–H and O–H groups in total. The zero-order valence-corrected chi connectivity index (χ0v) is 20.1. The smallest absolute Gasteiger partial charge is 0.293 e. The van der Waals surface area contributed by atoms with E-state index in [-0.39, 0.29) is 35.6 Å². The highest BCUT2D eigenvalue weighted by Gasteiger charge is 2.34. The van der Waals surface area contributed by atoms with Crippen LogP contribution in [0.15, 0.2) is 35.2 Å². The summed E-state index contributed by atoms with van der Waals surface area (Å²) < 4.78 is 14.8. The van der Waals surface area contributed by atoms with Crippen molar-refractivity contribution in [3.8, 4) is 0 Å². The predicted molar refractivity (Wildman–Crippen MR) is 129 cm³/mol. The van der Waals surface area contributed by atoms with Crippen molar-refractivity contribution in [2.45, 2.75) is 26.7 Å². The van der Waals surface area contributed by atoms with E-state index in [4.69, 9.17) is 0 Å². The van der Waals surface area contributed by atoms with Gasteiger partial charge in [-0.05, 0) is 54.4 Å². The number of nitrogens with zero attached hydrogens (tertiary/aromatic N) is 4. The fourth-order valence-corrected chi connectivity index (χ4v) is 4.58. The molecule has 0 aliphatic carbocycles. The van der Waals surface area contributed by atoms with Crippen molar-refractivity contribution in [1.82, 2.24) is 25.0 Å². The molecule has 1 aromatic carbocycles. The SMILES string of the molecule is Cc1nn(C)c2nc(C(C)C)cc(C(=O)NCCN3C(=O)S/C(=C\c4ccc(F)cc4)C3=O)c12. The Bertz CT molecular complexity index is 1330. The number of fused-ring (bicyclic) bond motifs is 1. The Morgan fingerprint density at radius 2 is 1.94 bits per heavy atom. The number of benzene rings is 1. The molecule has 3 amide bonds. The van der Waals surface area contributed by atoms with E-state index in [2.05, 4.69) is 15.4 Å². The average molecular weight is 482 g/mol. The first-order chi connectivity index (χ1) is 16.2. The van der Waals surface area contributed by atoms with Crippen LogP contribution in [0.25, 0.3) is 17.1 Å². The molecule has 0 bridgehead atoms. The fourth-order valence-electron chi connectivity index (χ4n) is 3.72. The van der Waals surface area contributed by atoms with Crippen LogP contribution in [0.1, 0.15) is 47.1 Å². The molecule has 0 radical (unpaired) electrons. The monoisotopic (exact) mass is 481 g/mol. The predicted octanol–water partition coefficient (Wildman–Crippen LogP) is 4.01. The van der Waals surface area contributed by atoms with Gasteiger partial charge in [0.1, 0.15) is 5.82 Å². The van der Waals surface area contributed by atoms with E-state index < -0.39 is 11.1 Å². The van der Waals surface area contributed by atoms with Crippen molar-refractivity contribution in [1.29, 1.82) is 0 Å². The Morgan fingerprint density at radius 3 is 2.62 bits per heavy atom. The third-order valence-corrected chi connectivity index (χ3v) is 6.39. The van der Waals surface area contributed by atoms with Gasteiger partial charge in [-0.25, -0.2) is 9.37 Å².